The van der Waals surface area contributed by atoms with Crippen LogP contribution in [0.5, 0.6) is 5.75 Å². The summed E-state index contributed by atoms with van der Waals surface area (Å²) in [5.41, 5.74) is 2.03. The molecule has 1 aliphatic carbocycles. The fourth-order valence-corrected chi connectivity index (χ4v) is 4.61. The van der Waals surface area contributed by atoms with Crippen molar-refractivity contribution in [2.24, 2.45) is 0 Å². The summed E-state index contributed by atoms with van der Waals surface area (Å²) in [4.78, 5) is 36.0. The van der Waals surface area contributed by atoms with Gasteiger partial charge in [-0.3, -0.25) is 4.79 Å². The molecule has 0 spiro atoms. The van der Waals surface area contributed by atoms with E-state index < -0.39 is 11.7 Å². The number of H-pyrrole nitrogens is 1. The zero-order valence-corrected chi connectivity index (χ0v) is 22.2. The summed E-state index contributed by atoms with van der Waals surface area (Å²) in [6.07, 6.45) is 6.33. The molecule has 1 fully saturated rings. The van der Waals surface area contributed by atoms with E-state index in [0.29, 0.717) is 16.7 Å². The fourth-order valence-electron chi connectivity index (χ4n) is 4.40. The number of aromatic amines is 1. The predicted octanol–water partition coefficient (Wildman–Crippen LogP) is 4.65. The molecule has 0 unspecified atom stereocenters. The zero-order chi connectivity index (χ0) is 26.6. The van der Waals surface area contributed by atoms with Gasteiger partial charge in [0.15, 0.2) is 0 Å². The van der Waals surface area contributed by atoms with Crippen LogP contribution in [0.15, 0.2) is 30.6 Å². The van der Waals surface area contributed by atoms with Gasteiger partial charge in [-0.25, -0.2) is 14.8 Å². The van der Waals surface area contributed by atoms with Crippen molar-refractivity contribution in [3.63, 3.8) is 0 Å². The largest absolute Gasteiger partial charge is 0.495 e. The number of nitrogens with one attached hydrogen (secondary N) is 4. The van der Waals surface area contributed by atoms with Crippen molar-refractivity contribution in [1.82, 2.24) is 25.6 Å². The molecule has 0 bridgehead atoms. The van der Waals surface area contributed by atoms with Gasteiger partial charge in [0.05, 0.1) is 13.3 Å². The van der Waals surface area contributed by atoms with E-state index in [9.17, 15) is 9.59 Å². The Morgan fingerprint density at radius 2 is 1.86 bits per heavy atom. The Morgan fingerprint density at radius 1 is 1.14 bits per heavy atom. The van der Waals surface area contributed by atoms with Gasteiger partial charge in [0.25, 0.3) is 0 Å². The van der Waals surface area contributed by atoms with Crippen molar-refractivity contribution in [2.45, 2.75) is 64.1 Å². The summed E-state index contributed by atoms with van der Waals surface area (Å²) in [5.74, 6) is 1.14. The van der Waals surface area contributed by atoms with Gasteiger partial charge in [0.1, 0.15) is 34.5 Å². The predicted molar refractivity (Wildman–Crippen MR) is 143 cm³/mol. The number of carbonyl (C=O) groups is 2. The molecule has 3 heterocycles. The molecule has 0 saturated heterocycles. The minimum absolute atomic E-state index is 0.0579. The molecule has 3 aromatic rings. The molecule has 0 radical (unpaired) electrons. The van der Waals surface area contributed by atoms with Gasteiger partial charge in [0.2, 0.25) is 5.91 Å². The summed E-state index contributed by atoms with van der Waals surface area (Å²) >= 11 is 6.37. The van der Waals surface area contributed by atoms with Crippen LogP contribution in [0.2, 0.25) is 5.15 Å². The van der Waals surface area contributed by atoms with Crippen molar-refractivity contribution in [3.05, 3.63) is 35.7 Å². The van der Waals surface area contributed by atoms with E-state index in [1.54, 1.807) is 34.1 Å². The molecule has 198 valence electrons. The topological polar surface area (TPSA) is 130 Å². The van der Waals surface area contributed by atoms with Crippen molar-refractivity contribution in [1.29, 1.82) is 0 Å². The maximum Gasteiger partial charge on any atom is 0.408 e. The number of carbonyl (C=O) groups excluding carboxylic acids is 2. The average molecular weight is 529 g/mol. The third-order valence-corrected chi connectivity index (χ3v) is 6.28. The quantitative estimate of drug-likeness (QED) is 0.328. The number of anilines is 1. The SMILES string of the molecule is COc1cnc2[nH]cc(-c3cc(Cl)nc(NC4CCC(NC(=O)CNC(=O)OC(C)(C)C)CC4)c3)c2c1. The minimum Gasteiger partial charge on any atom is -0.495 e. The van der Waals surface area contributed by atoms with Crippen molar-refractivity contribution in [2.75, 3.05) is 19.0 Å². The molecule has 4 N–H and O–H groups in total. The molecule has 10 nitrogen and oxygen atoms in total. The molecule has 37 heavy (non-hydrogen) atoms. The van der Waals surface area contributed by atoms with Gasteiger partial charge in [-0.2, -0.15) is 0 Å². The molecule has 2 amide bonds. The van der Waals surface area contributed by atoms with E-state index >= 15 is 0 Å². The number of pyridine rings is 2. The summed E-state index contributed by atoms with van der Waals surface area (Å²) in [7, 11) is 1.61. The number of hydrogen-bond donors (Lipinski definition) is 4. The number of methoxy groups -OCH3 is 1. The smallest absolute Gasteiger partial charge is 0.408 e. The van der Waals surface area contributed by atoms with Crippen LogP contribution >= 0.6 is 11.6 Å². The van der Waals surface area contributed by atoms with Gasteiger partial charge in [0, 0.05) is 29.2 Å². The van der Waals surface area contributed by atoms with Crippen LogP contribution in [0, 0.1) is 0 Å². The average Bonchev–Trinajstić information content (AvgIpc) is 3.26. The summed E-state index contributed by atoms with van der Waals surface area (Å²) in [6.45, 7) is 5.21. The first-order valence-electron chi connectivity index (χ1n) is 12.3. The molecule has 1 saturated carbocycles. The highest BCUT2D eigenvalue weighted by Gasteiger charge is 2.24. The lowest BCUT2D eigenvalue weighted by Gasteiger charge is -2.30. The Labute approximate surface area is 220 Å². The lowest BCUT2D eigenvalue weighted by molar-refractivity contribution is -0.121. The van der Waals surface area contributed by atoms with Crippen LogP contribution in [0.3, 0.4) is 0 Å². The zero-order valence-electron chi connectivity index (χ0n) is 21.5. The third-order valence-electron chi connectivity index (χ3n) is 6.08. The molecular weight excluding hydrogens is 496 g/mol. The van der Waals surface area contributed by atoms with Crippen LogP contribution in [-0.4, -0.2) is 58.3 Å². The summed E-state index contributed by atoms with van der Waals surface area (Å²) in [6, 6.07) is 6.00. The van der Waals surface area contributed by atoms with Gasteiger partial charge in [-0.1, -0.05) is 11.6 Å². The molecule has 11 heteroatoms. The van der Waals surface area contributed by atoms with E-state index in [2.05, 4.69) is 30.9 Å². The van der Waals surface area contributed by atoms with Crippen LogP contribution in [0.4, 0.5) is 10.6 Å². The number of fused-ring (bicyclic) bond motifs is 1. The number of rotatable bonds is 7. The normalized spacial score (nSPS) is 17.8. The van der Waals surface area contributed by atoms with Crippen LogP contribution < -0.4 is 20.7 Å². The van der Waals surface area contributed by atoms with Gasteiger partial charge >= 0.3 is 6.09 Å². The molecule has 4 rings (SSSR count). The fraction of sp³-hybridized carbons (Fsp3) is 0.462. The van der Waals surface area contributed by atoms with Crippen molar-refractivity contribution >= 4 is 40.5 Å². The number of amides is 2. The third kappa shape index (κ3) is 7.25. The number of halogens is 1. The second-order valence-corrected chi connectivity index (χ2v) is 10.5. The van der Waals surface area contributed by atoms with Crippen LogP contribution in [0.25, 0.3) is 22.2 Å². The molecule has 1 aliphatic rings. The highest BCUT2D eigenvalue weighted by molar-refractivity contribution is 6.29. The van der Waals surface area contributed by atoms with E-state index in [4.69, 9.17) is 21.1 Å². The highest BCUT2D eigenvalue weighted by atomic mass is 35.5. The lowest BCUT2D eigenvalue weighted by Crippen LogP contribution is -2.45. The number of aromatic nitrogens is 3. The number of nitrogens with zero attached hydrogens (tertiary/aromatic N) is 2. The van der Waals surface area contributed by atoms with Crippen molar-refractivity contribution < 1.29 is 19.1 Å². The highest BCUT2D eigenvalue weighted by Crippen LogP contribution is 2.33. The van der Waals surface area contributed by atoms with Gasteiger partial charge in [-0.15, -0.1) is 0 Å². The Hall–Kier alpha value is -3.53. The van der Waals surface area contributed by atoms with E-state index in [-0.39, 0.29) is 24.5 Å². The van der Waals surface area contributed by atoms with Crippen LogP contribution in [0.1, 0.15) is 46.5 Å². The van der Waals surface area contributed by atoms with E-state index in [0.717, 1.165) is 47.8 Å². The lowest BCUT2D eigenvalue weighted by atomic mass is 9.91. The van der Waals surface area contributed by atoms with Crippen LogP contribution in [-0.2, 0) is 9.53 Å². The maximum absolute atomic E-state index is 12.2. The van der Waals surface area contributed by atoms with Gasteiger partial charge in [-0.05, 0) is 70.2 Å². The molecular formula is C26H33ClN6O4. The first-order valence-corrected chi connectivity index (χ1v) is 12.7. The Morgan fingerprint density at radius 3 is 2.57 bits per heavy atom. The summed E-state index contributed by atoms with van der Waals surface area (Å²) < 4.78 is 10.5. The molecule has 3 aromatic heterocycles. The first-order chi connectivity index (χ1) is 17.6. The minimum atomic E-state index is -0.606. The molecule has 0 atom stereocenters. The number of alkyl carbamates (subject to hydrolysis) is 1. The summed E-state index contributed by atoms with van der Waals surface area (Å²) in [5, 5.41) is 10.3. The maximum atomic E-state index is 12.2. The Kier molecular flexibility index (Phi) is 8.06. The number of hydrogen-bond acceptors (Lipinski definition) is 7. The second kappa shape index (κ2) is 11.2. The van der Waals surface area contributed by atoms with E-state index in [1.807, 2.05) is 24.4 Å². The second-order valence-electron chi connectivity index (χ2n) is 10.2. The van der Waals surface area contributed by atoms with E-state index in [1.165, 1.54) is 0 Å². The molecule has 0 aliphatic heterocycles. The first kappa shape index (κ1) is 26.5. The molecule has 0 aromatic carbocycles. The Bertz CT molecular complexity index is 1260. The number of ether oxygens (including phenoxy) is 2. The van der Waals surface area contributed by atoms with Crippen molar-refractivity contribution in [3.8, 4) is 16.9 Å². The van der Waals surface area contributed by atoms with Gasteiger partial charge < -0.3 is 30.4 Å². The standard InChI is InChI=1S/C26H33ClN6O4/c1-26(2,3)37-25(35)30-14-23(34)32-17-7-5-16(6-8-17)31-22-10-15(9-21(27)33-22)20-13-29-24-19(20)11-18(36-4)12-28-24/h9-13,16-17H,5-8,14H2,1-4H3,(H,28,29)(H,30,35)(H,31,33)(H,32,34). The Balaban J connectivity index is 1.31. The monoisotopic (exact) mass is 528 g/mol.